The molecule has 0 aliphatic carbocycles. The van der Waals surface area contributed by atoms with E-state index in [4.69, 9.17) is 9.88 Å². The predicted octanol–water partition coefficient (Wildman–Crippen LogP) is 0.321. The number of sulfonamides is 1. The number of aliphatic carboxylic acids is 1. The average Bonchev–Trinajstić information content (AvgIpc) is 3.63. The van der Waals surface area contributed by atoms with E-state index in [0.717, 1.165) is 41.7 Å². The average molecular weight is 827 g/mol. The van der Waals surface area contributed by atoms with E-state index < -0.39 is 56.5 Å². The quantitative estimate of drug-likeness (QED) is 0.0482. The minimum Gasteiger partial charge on any atom is -0.508 e. The van der Waals surface area contributed by atoms with Crippen LogP contribution in [0.25, 0.3) is 6.20 Å². The number of tetrazole rings is 1. The maximum absolute atomic E-state index is 14.0. The van der Waals surface area contributed by atoms with Crippen LogP contribution in [-0.2, 0) is 29.1 Å². The summed E-state index contributed by atoms with van der Waals surface area (Å²) in [5, 5.41) is 45.7. The van der Waals surface area contributed by atoms with E-state index >= 15 is 0 Å². The number of amides is 4. The summed E-state index contributed by atoms with van der Waals surface area (Å²) in [4.78, 5) is 73.7. The molecule has 2 aliphatic heterocycles. The van der Waals surface area contributed by atoms with Gasteiger partial charge in [0.25, 0.3) is 17.2 Å². The van der Waals surface area contributed by atoms with E-state index in [9.17, 15) is 42.6 Å². The Morgan fingerprint density at radius 3 is 2.54 bits per heavy atom. The lowest BCUT2D eigenvalue weighted by atomic mass is 9.97. The van der Waals surface area contributed by atoms with Crippen LogP contribution in [0.1, 0.15) is 11.6 Å². The second-order valence-corrected chi connectivity index (χ2v) is 15.3. The Kier molecular flexibility index (Phi) is 11.1. The Hall–Kier alpha value is -6.28. The molecule has 4 heterocycles. The largest absolute Gasteiger partial charge is 0.508 e. The number of phenolic OH excluding ortho intramolecular Hbond substituents is 1. The lowest BCUT2D eigenvalue weighted by molar-refractivity contribution is -0.192. The third kappa shape index (κ3) is 7.91. The van der Waals surface area contributed by atoms with Crippen molar-refractivity contribution in [2.45, 2.75) is 27.2 Å². The van der Waals surface area contributed by atoms with Crippen molar-refractivity contribution in [3.8, 4) is 5.75 Å². The van der Waals surface area contributed by atoms with Crippen LogP contribution in [0.4, 0.5) is 22.1 Å². The van der Waals surface area contributed by atoms with Gasteiger partial charge in [-0.15, -0.1) is 16.9 Å². The molecule has 0 radical (unpaired) electrons. The van der Waals surface area contributed by atoms with E-state index in [1.807, 2.05) is 0 Å². The number of hydrogen-bond donors (Lipinski definition) is 8. The number of nitrogens with zero attached hydrogens (tertiary/aromatic N) is 6. The van der Waals surface area contributed by atoms with Crippen molar-refractivity contribution >= 4 is 80.9 Å². The number of nitrogens with one attached hydrogen (secondary N) is 5. The number of hydrogen-bond acceptors (Lipinski definition) is 16. The number of nitrogens with two attached hydrogens (primary N) is 1. The normalized spacial score (nSPS) is 18.3. The van der Waals surface area contributed by atoms with Crippen molar-refractivity contribution in [3.05, 3.63) is 88.5 Å². The van der Waals surface area contributed by atoms with Gasteiger partial charge >= 0.3 is 12.0 Å². The first-order valence-electron chi connectivity index (χ1n) is 15.8. The molecule has 0 bridgehead atoms. The van der Waals surface area contributed by atoms with Crippen molar-refractivity contribution in [1.29, 1.82) is 0 Å². The van der Waals surface area contributed by atoms with Gasteiger partial charge in [-0.1, -0.05) is 30.5 Å². The van der Waals surface area contributed by atoms with E-state index in [1.54, 1.807) is 0 Å². The first-order chi connectivity index (χ1) is 26.6. The van der Waals surface area contributed by atoms with Crippen molar-refractivity contribution in [2.24, 2.45) is 5.14 Å². The van der Waals surface area contributed by atoms with Gasteiger partial charge < -0.3 is 36.2 Å². The summed E-state index contributed by atoms with van der Waals surface area (Å²) in [5.41, 5.74) is -2.59. The third-order valence-corrected chi connectivity index (χ3v) is 11.5. The fourth-order valence-electron chi connectivity index (χ4n) is 5.52. The smallest absolute Gasteiger partial charge is 0.352 e. The number of ether oxygens (including phenoxy) is 1. The highest BCUT2D eigenvalue weighted by molar-refractivity contribution is 8.01. The number of carboxylic acid groups (broad SMARTS) is 1. The molecule has 56 heavy (non-hydrogen) atoms. The number of aromatic amines is 1. The number of phenols is 1. The number of fused-ring (bicyclic) bond motifs is 1. The number of anilines is 3. The van der Waals surface area contributed by atoms with Crippen LogP contribution in [0, 0.1) is 0 Å². The monoisotopic (exact) mass is 826 g/mol. The van der Waals surface area contributed by atoms with Crippen LogP contribution in [0.3, 0.4) is 0 Å². The Labute approximate surface area is 324 Å². The number of β-lactam (4-membered cyclic amide) rings is 1. The molecule has 0 saturated carbocycles. The molecule has 6 rings (SSSR count). The van der Waals surface area contributed by atoms with Gasteiger partial charge in [-0.05, 0) is 58.0 Å². The lowest BCUT2D eigenvalue weighted by Gasteiger charge is -2.56. The fourth-order valence-corrected chi connectivity index (χ4v) is 8.49. The summed E-state index contributed by atoms with van der Waals surface area (Å²) in [6.07, 6.45) is 2.40. The zero-order valence-electron chi connectivity index (χ0n) is 28.7. The summed E-state index contributed by atoms with van der Waals surface area (Å²) in [5.74, 6) is -3.19. The van der Waals surface area contributed by atoms with E-state index in [0.29, 0.717) is 16.4 Å². The van der Waals surface area contributed by atoms with Crippen molar-refractivity contribution in [1.82, 2.24) is 45.7 Å². The second kappa shape index (κ2) is 15.8. The summed E-state index contributed by atoms with van der Waals surface area (Å²) in [7, 11) is -2.76. The maximum Gasteiger partial charge on any atom is 0.352 e. The number of H-pyrrole nitrogens is 1. The molecule has 3 atom stereocenters. The predicted molar refractivity (Wildman–Crippen MR) is 200 cm³/mol. The van der Waals surface area contributed by atoms with E-state index in [2.05, 4.69) is 53.3 Å². The first kappa shape index (κ1) is 39.4. The number of benzene rings is 2. The minimum atomic E-state index is -3.92. The minimum absolute atomic E-state index is 0.0588. The Morgan fingerprint density at radius 1 is 1.20 bits per heavy atom. The molecule has 4 aromatic rings. The van der Waals surface area contributed by atoms with Gasteiger partial charge in [0.05, 0.1) is 11.1 Å². The van der Waals surface area contributed by atoms with Crippen LogP contribution in [0.15, 0.2) is 87.4 Å². The number of aromatic nitrogens is 6. The summed E-state index contributed by atoms with van der Waals surface area (Å²) in [6.45, 7) is 3.61. The number of urea groups is 1. The Morgan fingerprint density at radius 2 is 1.91 bits per heavy atom. The molecule has 1 saturated heterocycles. The second-order valence-electron chi connectivity index (χ2n) is 11.7. The van der Waals surface area contributed by atoms with Gasteiger partial charge in [-0.3, -0.25) is 24.3 Å². The van der Waals surface area contributed by atoms with Crippen LogP contribution in [0.5, 0.6) is 5.75 Å². The molecule has 0 spiro atoms. The molecule has 2 aliphatic rings. The number of carboxylic acids is 1. The number of methoxy groups -OCH3 is 1. The Balaban J connectivity index is 1.17. The van der Waals surface area contributed by atoms with Crippen LogP contribution < -0.4 is 32.0 Å². The SMILES string of the molecule is C=Cn1nnnc1SCC1=C(C(=O)O)N2C(=O)[C@](NC(=O)C(NC(=O)Nc3cnc(Nc4ccc(S(N)(=O)=O)cc4)[nH]c3=O)c3ccc(O)cc3)(OC)[C@@H]2SC1. The number of thioether (sulfide) groups is 2. The van der Waals surface area contributed by atoms with E-state index in [1.165, 1.54) is 59.4 Å². The molecular weight excluding hydrogens is 797 g/mol. The standard InChI is InChI=1S/C31H30N12O10S3/c1-3-42-30(39-40-41-42)55-14-16-13-54-27-31(53-2,26(49)43(27)22(16)25(47)48)38-24(46)21(15-4-8-18(44)9-5-15)36-29(50)35-20-12-33-28(37-23(20)45)34-17-6-10-19(11-7-17)56(32,51)52/h3-12,21,27,44H,1,13-14H2,2H3,(H,38,46)(H,47,48)(H2,32,51,52)(H2,35,36,50)(H2,33,34,37,45)/t21?,27-,31-/m0/s1. The van der Waals surface area contributed by atoms with Gasteiger partial charge in [0.2, 0.25) is 27.0 Å². The van der Waals surface area contributed by atoms with Crippen molar-refractivity contribution in [2.75, 3.05) is 29.2 Å². The molecule has 2 aromatic heterocycles. The zero-order chi connectivity index (χ0) is 40.4. The van der Waals surface area contributed by atoms with E-state index in [-0.39, 0.29) is 45.0 Å². The molecule has 2 aromatic carbocycles. The van der Waals surface area contributed by atoms with Crippen LogP contribution in [0.2, 0.25) is 0 Å². The lowest BCUT2D eigenvalue weighted by Crippen LogP contribution is -2.81. The molecular formula is C31H30N12O10S3. The number of carbonyl (C=O) groups is 4. The van der Waals surface area contributed by atoms with Gasteiger partial charge in [-0.25, -0.2) is 28.1 Å². The van der Waals surface area contributed by atoms with Gasteiger partial charge in [0, 0.05) is 30.5 Å². The zero-order valence-corrected chi connectivity index (χ0v) is 31.1. The molecule has 1 unspecified atom stereocenters. The van der Waals surface area contributed by atoms with Crippen molar-refractivity contribution in [3.63, 3.8) is 0 Å². The molecule has 4 amide bonds. The summed E-state index contributed by atoms with van der Waals surface area (Å²) < 4.78 is 29.9. The van der Waals surface area contributed by atoms with Crippen molar-refractivity contribution < 1.29 is 42.5 Å². The molecule has 22 nitrogen and oxygen atoms in total. The molecule has 25 heteroatoms. The maximum atomic E-state index is 14.0. The number of carbonyl (C=O) groups excluding carboxylic acids is 3. The van der Waals surface area contributed by atoms with Gasteiger partial charge in [-0.2, -0.15) is 4.68 Å². The number of aromatic hydroxyl groups is 1. The van der Waals surface area contributed by atoms with Crippen LogP contribution >= 0.6 is 23.5 Å². The molecule has 1 fully saturated rings. The summed E-state index contributed by atoms with van der Waals surface area (Å²) >= 11 is 2.27. The molecule has 9 N–H and O–H groups in total. The molecule has 292 valence electrons. The van der Waals surface area contributed by atoms with Gasteiger partial charge in [0.15, 0.2) is 0 Å². The summed E-state index contributed by atoms with van der Waals surface area (Å²) in [6, 6.07) is 7.87. The van der Waals surface area contributed by atoms with Gasteiger partial charge in [0.1, 0.15) is 28.5 Å². The number of primary sulfonamides is 1. The first-order valence-corrected chi connectivity index (χ1v) is 19.4. The highest BCUT2D eigenvalue weighted by Crippen LogP contribution is 2.47. The number of rotatable bonds is 14. The Bertz CT molecular complexity index is 2420. The highest BCUT2D eigenvalue weighted by atomic mass is 32.2. The van der Waals surface area contributed by atoms with Crippen LogP contribution in [-0.4, -0.2) is 107 Å². The fraction of sp³-hybridized carbons (Fsp3) is 0.194. The highest BCUT2D eigenvalue weighted by Gasteiger charge is 2.67. The topological polar surface area (TPSA) is 319 Å². The third-order valence-electron chi connectivity index (χ3n) is 8.21.